The van der Waals surface area contributed by atoms with E-state index < -0.39 is 4.92 Å². The molecule has 0 bridgehead atoms. The smallest absolute Gasteiger partial charge is 0.394 e. The first kappa shape index (κ1) is 9.86. The maximum atomic E-state index is 10.5. The number of hydrogen-bond donors (Lipinski definition) is 0. The summed E-state index contributed by atoms with van der Waals surface area (Å²) >= 11 is 3.45. The normalized spacial score (nSPS) is 14.0. The van der Waals surface area contributed by atoms with Gasteiger partial charge < -0.3 is 4.42 Å². The molecule has 0 atom stereocenters. The van der Waals surface area contributed by atoms with Gasteiger partial charge in [0.15, 0.2) is 6.54 Å². The highest BCUT2D eigenvalue weighted by Crippen LogP contribution is 2.32. The Morgan fingerprint density at radius 3 is 3.12 bits per heavy atom. The number of fused-ring (bicyclic) bond motifs is 1. The zero-order chi connectivity index (χ0) is 11.1. The molecule has 3 rings (SSSR count). The first-order valence-electron chi connectivity index (χ1n) is 4.64. The average Bonchev–Trinajstić information content (AvgIpc) is 2.92. The highest BCUT2D eigenvalue weighted by atomic mass is 32.2. The van der Waals surface area contributed by atoms with Crippen LogP contribution in [0.3, 0.4) is 0 Å². The maximum Gasteiger partial charge on any atom is 0.433 e. The topological polar surface area (TPSA) is 60.2 Å². The largest absolute Gasteiger partial charge is 0.433 e. The minimum absolute atomic E-state index is 0.207. The van der Waals surface area contributed by atoms with Crippen molar-refractivity contribution in [3.63, 3.8) is 0 Å². The van der Waals surface area contributed by atoms with E-state index in [-0.39, 0.29) is 5.88 Å². The van der Waals surface area contributed by atoms with Crippen LogP contribution >= 0.6 is 23.1 Å². The summed E-state index contributed by atoms with van der Waals surface area (Å²) in [5.74, 6) is 1.42. The predicted molar refractivity (Wildman–Crippen MR) is 59.6 cm³/mol. The lowest BCUT2D eigenvalue weighted by atomic mass is 10.3. The Morgan fingerprint density at radius 2 is 2.38 bits per heavy atom. The van der Waals surface area contributed by atoms with Crippen molar-refractivity contribution < 1.29 is 13.9 Å². The second-order valence-electron chi connectivity index (χ2n) is 3.28. The van der Waals surface area contributed by atoms with Gasteiger partial charge in [0.2, 0.25) is 5.76 Å². The molecule has 0 saturated carbocycles. The van der Waals surface area contributed by atoms with Crippen molar-refractivity contribution in [2.75, 3.05) is 5.75 Å². The van der Waals surface area contributed by atoms with E-state index in [1.807, 2.05) is 5.38 Å². The van der Waals surface area contributed by atoms with Gasteiger partial charge in [0.25, 0.3) is 10.0 Å². The van der Waals surface area contributed by atoms with Crippen molar-refractivity contribution in [2.45, 2.75) is 10.9 Å². The quantitative estimate of drug-likeness (QED) is 0.469. The van der Waals surface area contributed by atoms with E-state index in [1.165, 1.54) is 10.4 Å². The van der Waals surface area contributed by atoms with Crippen molar-refractivity contribution in [1.29, 1.82) is 0 Å². The predicted octanol–water partition coefficient (Wildman–Crippen LogP) is 2.31. The van der Waals surface area contributed by atoms with Crippen LogP contribution in [0.15, 0.2) is 26.3 Å². The van der Waals surface area contributed by atoms with E-state index in [9.17, 15) is 10.1 Å². The van der Waals surface area contributed by atoms with Crippen molar-refractivity contribution in [3.8, 4) is 11.5 Å². The van der Waals surface area contributed by atoms with Gasteiger partial charge in [0.1, 0.15) is 4.92 Å². The summed E-state index contributed by atoms with van der Waals surface area (Å²) in [7, 11) is 0. The second kappa shape index (κ2) is 3.60. The molecule has 0 amide bonds. The molecule has 16 heavy (non-hydrogen) atoms. The molecule has 7 heteroatoms. The Morgan fingerprint density at radius 1 is 1.50 bits per heavy atom. The average molecular weight is 255 g/mol. The third-order valence-corrected chi connectivity index (χ3v) is 4.61. The molecule has 1 aliphatic heterocycles. The molecule has 2 aromatic rings. The van der Waals surface area contributed by atoms with Crippen LogP contribution in [-0.4, -0.2) is 10.7 Å². The van der Waals surface area contributed by atoms with E-state index in [0.29, 0.717) is 5.76 Å². The summed E-state index contributed by atoms with van der Waals surface area (Å²) in [5, 5.41) is 12.5. The third-order valence-electron chi connectivity index (χ3n) is 2.35. The molecule has 1 aliphatic rings. The lowest BCUT2D eigenvalue weighted by molar-refractivity contribution is -0.706. The molecule has 0 unspecified atom stereocenters. The molecule has 0 N–H and O–H groups in total. The monoisotopic (exact) mass is 255 g/mol. The molecule has 5 nitrogen and oxygen atoms in total. The fourth-order valence-electron chi connectivity index (χ4n) is 1.63. The van der Waals surface area contributed by atoms with Gasteiger partial charge in [-0.2, -0.15) is 4.57 Å². The van der Waals surface area contributed by atoms with Crippen molar-refractivity contribution in [2.24, 2.45) is 0 Å². The van der Waals surface area contributed by atoms with Gasteiger partial charge in [-0.25, -0.2) is 0 Å². The van der Waals surface area contributed by atoms with E-state index >= 15 is 0 Å². The third kappa shape index (κ3) is 1.43. The van der Waals surface area contributed by atoms with Gasteiger partial charge in [-0.05, 0) is 17.8 Å². The minimum Gasteiger partial charge on any atom is -0.394 e. The van der Waals surface area contributed by atoms with Crippen LogP contribution < -0.4 is 4.57 Å². The molecule has 0 saturated heterocycles. The first-order valence-corrected chi connectivity index (χ1v) is 6.51. The van der Waals surface area contributed by atoms with Gasteiger partial charge >= 0.3 is 5.88 Å². The van der Waals surface area contributed by atoms with Crippen molar-refractivity contribution >= 4 is 29.0 Å². The van der Waals surface area contributed by atoms with Crippen LogP contribution in [0.1, 0.15) is 0 Å². The molecular formula is C9H7N2O3S2+. The van der Waals surface area contributed by atoms with Gasteiger partial charge in [0.05, 0.1) is 17.2 Å². The molecule has 0 aromatic carbocycles. The summed E-state index contributed by atoms with van der Waals surface area (Å²) in [6, 6.07) is 3.04. The summed E-state index contributed by atoms with van der Waals surface area (Å²) in [6.07, 6.45) is 0. The van der Waals surface area contributed by atoms with Crippen molar-refractivity contribution in [3.05, 3.63) is 27.6 Å². The molecule has 82 valence electrons. The lowest BCUT2D eigenvalue weighted by Gasteiger charge is -1.89. The molecule has 3 heterocycles. The maximum absolute atomic E-state index is 10.5. The van der Waals surface area contributed by atoms with Crippen molar-refractivity contribution in [1.82, 2.24) is 0 Å². The van der Waals surface area contributed by atoms with Crippen LogP contribution in [0.25, 0.3) is 11.5 Å². The number of hydrogen-bond acceptors (Lipinski definition) is 5. The number of rotatable bonds is 2. The Hall–Kier alpha value is -1.34. The SMILES string of the molecule is O=[N+]([O-])c1ccc(-c2csc3[n+]2CCS3)o1. The summed E-state index contributed by atoms with van der Waals surface area (Å²) in [6.45, 7) is 0.938. The zero-order valence-corrected chi connectivity index (χ0v) is 9.71. The number of aromatic nitrogens is 1. The molecule has 0 radical (unpaired) electrons. The Bertz CT molecular complexity index is 561. The summed E-state index contributed by atoms with van der Waals surface area (Å²) in [5.41, 5.74) is 0.929. The van der Waals surface area contributed by atoms with E-state index in [0.717, 1.165) is 18.0 Å². The van der Waals surface area contributed by atoms with Gasteiger partial charge in [-0.15, -0.1) is 0 Å². The number of thiazole rings is 1. The molecular weight excluding hydrogens is 248 g/mol. The highest BCUT2D eigenvalue weighted by Gasteiger charge is 2.30. The summed E-state index contributed by atoms with van der Waals surface area (Å²) < 4.78 is 8.56. The molecule has 0 spiro atoms. The van der Waals surface area contributed by atoms with E-state index in [4.69, 9.17) is 4.42 Å². The van der Waals surface area contributed by atoms with Crippen LogP contribution in [0.2, 0.25) is 0 Å². The van der Waals surface area contributed by atoms with Crippen LogP contribution in [0.4, 0.5) is 5.88 Å². The fourth-order valence-corrected chi connectivity index (χ4v) is 3.87. The molecule has 0 aliphatic carbocycles. The standard InChI is InChI=1S/C9H7N2O3S2/c12-11(13)8-2-1-7(14-8)6-5-16-9-10(6)3-4-15-9/h1-2,5H,3-4H2/q+1. The van der Waals surface area contributed by atoms with Gasteiger partial charge in [0, 0.05) is 0 Å². The van der Waals surface area contributed by atoms with E-state index in [1.54, 1.807) is 29.2 Å². The fraction of sp³-hybridized carbons (Fsp3) is 0.222. The zero-order valence-electron chi connectivity index (χ0n) is 8.08. The number of nitrogens with zero attached hydrogens (tertiary/aromatic N) is 2. The number of thioether (sulfide) groups is 1. The minimum atomic E-state index is -0.518. The summed E-state index contributed by atoms with van der Waals surface area (Å²) in [4.78, 5) is 10.0. The first-order chi connectivity index (χ1) is 7.75. The van der Waals surface area contributed by atoms with Crippen LogP contribution in [0.5, 0.6) is 0 Å². The number of furan rings is 1. The molecule has 0 fully saturated rings. The van der Waals surface area contributed by atoms with E-state index in [2.05, 4.69) is 4.57 Å². The Balaban J connectivity index is 2.05. The highest BCUT2D eigenvalue weighted by molar-refractivity contribution is 8.01. The lowest BCUT2D eigenvalue weighted by Crippen LogP contribution is -2.32. The van der Waals surface area contributed by atoms with Gasteiger partial charge in [-0.3, -0.25) is 10.1 Å². The number of nitro groups is 1. The Labute approximate surface area is 98.9 Å². The molecule has 2 aromatic heterocycles. The second-order valence-corrected chi connectivity index (χ2v) is 5.48. The van der Waals surface area contributed by atoms with Crippen LogP contribution in [-0.2, 0) is 6.54 Å². The van der Waals surface area contributed by atoms with Gasteiger partial charge in [-0.1, -0.05) is 11.3 Å². The Kier molecular flexibility index (Phi) is 2.22. The van der Waals surface area contributed by atoms with Crippen LogP contribution in [0, 0.1) is 10.1 Å².